The average Bonchev–Trinajstić information content (AvgIpc) is 2.76. The van der Waals surface area contributed by atoms with Crippen LogP contribution in [0.3, 0.4) is 0 Å². The fourth-order valence-electron chi connectivity index (χ4n) is 3.58. The number of rotatable bonds is 6. The predicted molar refractivity (Wildman–Crippen MR) is 113 cm³/mol. The summed E-state index contributed by atoms with van der Waals surface area (Å²) in [5.41, 5.74) is -2.11. The number of carbonyl (C=O) groups is 2. The zero-order valence-corrected chi connectivity index (χ0v) is 17.7. The van der Waals surface area contributed by atoms with Gasteiger partial charge in [0.05, 0.1) is 0 Å². The lowest BCUT2D eigenvalue weighted by atomic mass is 9.88. The standard InChI is InChI=1S/C22H25ClFN3O3/c1-15-5-7-18(8-6-15)27(20(28)19(23)24)22(2,16-4-3-11-25-14-16)21(29)26-17-9-12-30-13-10-17/h3-8,11,14,17,19H,9-10,12-13H2,1-2H3,(H,26,29)/t19-,22?/m0/s1. The van der Waals surface area contributed by atoms with Crippen LogP contribution in [-0.4, -0.2) is 41.7 Å². The van der Waals surface area contributed by atoms with Crippen molar-refractivity contribution in [2.75, 3.05) is 18.1 Å². The SMILES string of the molecule is Cc1ccc(N(C(=O)[C@H](F)Cl)C(C)(C(=O)NC2CCOCC2)c2cccnc2)cc1. The molecule has 2 amide bonds. The molecular formula is C22H25ClFN3O3. The van der Waals surface area contributed by atoms with Crippen LogP contribution in [0.4, 0.5) is 10.1 Å². The maximum atomic E-state index is 14.1. The molecular weight excluding hydrogens is 409 g/mol. The van der Waals surface area contributed by atoms with E-state index >= 15 is 0 Å². The molecule has 1 aliphatic rings. The number of alkyl halides is 2. The fraction of sp³-hybridized carbons (Fsp3) is 0.409. The molecule has 160 valence electrons. The number of amides is 2. The Kier molecular flexibility index (Phi) is 7.05. The van der Waals surface area contributed by atoms with Crippen LogP contribution >= 0.6 is 11.6 Å². The molecule has 30 heavy (non-hydrogen) atoms. The van der Waals surface area contributed by atoms with E-state index in [-0.39, 0.29) is 6.04 Å². The number of benzene rings is 1. The Morgan fingerprint density at radius 3 is 2.50 bits per heavy atom. The van der Waals surface area contributed by atoms with Gasteiger partial charge in [-0.25, -0.2) is 4.39 Å². The fourth-order valence-corrected chi connectivity index (χ4v) is 3.68. The summed E-state index contributed by atoms with van der Waals surface area (Å²) in [6, 6.07) is 10.2. The first-order valence-electron chi connectivity index (χ1n) is 9.82. The van der Waals surface area contributed by atoms with Crippen molar-refractivity contribution in [3.05, 3.63) is 59.9 Å². The number of nitrogens with zero attached hydrogens (tertiary/aromatic N) is 2. The van der Waals surface area contributed by atoms with Gasteiger partial charge in [0.1, 0.15) is 0 Å². The number of hydrogen-bond donors (Lipinski definition) is 1. The van der Waals surface area contributed by atoms with Gasteiger partial charge in [-0.05, 0) is 44.9 Å². The maximum Gasteiger partial charge on any atom is 0.278 e. The van der Waals surface area contributed by atoms with Crippen molar-refractivity contribution in [2.24, 2.45) is 0 Å². The molecule has 1 saturated heterocycles. The second kappa shape index (κ2) is 9.53. The molecule has 6 nitrogen and oxygen atoms in total. The number of pyridine rings is 1. The van der Waals surface area contributed by atoms with Crippen molar-refractivity contribution in [1.29, 1.82) is 0 Å². The zero-order chi connectivity index (χ0) is 21.7. The molecule has 0 radical (unpaired) electrons. The molecule has 1 fully saturated rings. The molecule has 1 unspecified atom stereocenters. The van der Waals surface area contributed by atoms with Gasteiger partial charge in [0, 0.05) is 42.9 Å². The molecule has 0 saturated carbocycles. The minimum absolute atomic E-state index is 0.102. The minimum atomic E-state index is -2.31. The average molecular weight is 434 g/mol. The number of carbonyl (C=O) groups excluding carboxylic acids is 2. The second-order valence-corrected chi connectivity index (χ2v) is 7.87. The quantitative estimate of drug-likeness (QED) is 0.708. The first-order valence-corrected chi connectivity index (χ1v) is 10.3. The summed E-state index contributed by atoms with van der Waals surface area (Å²) < 4.78 is 19.4. The molecule has 2 heterocycles. The molecule has 3 rings (SSSR count). The normalized spacial score (nSPS) is 17.6. The number of aromatic nitrogens is 1. The molecule has 0 aliphatic carbocycles. The summed E-state index contributed by atoms with van der Waals surface area (Å²) in [7, 11) is 0. The number of anilines is 1. The monoisotopic (exact) mass is 433 g/mol. The predicted octanol–water partition coefficient (Wildman–Crippen LogP) is 3.47. The molecule has 1 aliphatic heterocycles. The molecule has 2 atom stereocenters. The van der Waals surface area contributed by atoms with Gasteiger partial charge in [-0.3, -0.25) is 19.5 Å². The van der Waals surface area contributed by atoms with Crippen molar-refractivity contribution < 1.29 is 18.7 Å². The zero-order valence-electron chi connectivity index (χ0n) is 17.0. The van der Waals surface area contributed by atoms with E-state index in [1.165, 1.54) is 6.20 Å². The Morgan fingerprint density at radius 2 is 1.93 bits per heavy atom. The summed E-state index contributed by atoms with van der Waals surface area (Å²) in [6.07, 6.45) is 4.39. The maximum absolute atomic E-state index is 14.1. The van der Waals surface area contributed by atoms with Crippen LogP contribution in [0.1, 0.15) is 30.9 Å². The Hall–Kier alpha value is -2.51. The molecule has 1 aromatic carbocycles. The van der Waals surface area contributed by atoms with Crippen LogP contribution in [0.5, 0.6) is 0 Å². The second-order valence-electron chi connectivity index (χ2n) is 7.48. The van der Waals surface area contributed by atoms with E-state index < -0.39 is 23.0 Å². The highest BCUT2D eigenvalue weighted by Crippen LogP contribution is 2.35. The first-order chi connectivity index (χ1) is 14.3. The van der Waals surface area contributed by atoms with Crippen LogP contribution in [0.2, 0.25) is 0 Å². The van der Waals surface area contributed by atoms with Gasteiger partial charge in [-0.15, -0.1) is 0 Å². The molecule has 1 aromatic heterocycles. The van der Waals surface area contributed by atoms with Gasteiger partial charge in [0.15, 0.2) is 5.54 Å². The third-order valence-electron chi connectivity index (χ3n) is 5.37. The van der Waals surface area contributed by atoms with Gasteiger partial charge >= 0.3 is 0 Å². The Labute approximate surface area is 180 Å². The number of nitrogens with one attached hydrogen (secondary N) is 1. The van der Waals surface area contributed by atoms with Gasteiger partial charge in [-0.1, -0.05) is 35.4 Å². The highest BCUT2D eigenvalue weighted by molar-refractivity contribution is 6.32. The van der Waals surface area contributed by atoms with E-state index in [0.29, 0.717) is 37.3 Å². The lowest BCUT2D eigenvalue weighted by molar-refractivity contribution is -0.132. The summed E-state index contributed by atoms with van der Waals surface area (Å²) in [4.78, 5) is 31.8. The Bertz CT molecular complexity index is 873. The third-order valence-corrected chi connectivity index (χ3v) is 5.56. The first kappa shape index (κ1) is 22.2. The van der Waals surface area contributed by atoms with E-state index in [1.54, 1.807) is 49.5 Å². The van der Waals surface area contributed by atoms with Crippen molar-refractivity contribution in [1.82, 2.24) is 10.3 Å². The highest BCUT2D eigenvalue weighted by atomic mass is 35.5. The summed E-state index contributed by atoms with van der Waals surface area (Å²) in [5.74, 6) is -1.46. The summed E-state index contributed by atoms with van der Waals surface area (Å²) >= 11 is 5.57. The summed E-state index contributed by atoms with van der Waals surface area (Å²) in [6.45, 7) is 4.57. The highest BCUT2D eigenvalue weighted by Gasteiger charge is 2.47. The topological polar surface area (TPSA) is 71.5 Å². The van der Waals surface area contributed by atoms with E-state index in [1.807, 2.05) is 6.92 Å². The van der Waals surface area contributed by atoms with Gasteiger partial charge < -0.3 is 10.1 Å². The number of halogens is 2. The minimum Gasteiger partial charge on any atom is -0.381 e. The lowest BCUT2D eigenvalue weighted by Gasteiger charge is -2.41. The molecule has 8 heteroatoms. The van der Waals surface area contributed by atoms with Crippen LogP contribution in [0, 0.1) is 6.92 Å². The number of aryl methyl sites for hydroxylation is 1. The third kappa shape index (κ3) is 4.63. The van der Waals surface area contributed by atoms with Gasteiger partial charge in [-0.2, -0.15) is 0 Å². The largest absolute Gasteiger partial charge is 0.381 e. The molecule has 1 N–H and O–H groups in total. The van der Waals surface area contributed by atoms with Crippen molar-refractivity contribution in [2.45, 2.75) is 43.9 Å². The Balaban J connectivity index is 2.10. The smallest absolute Gasteiger partial charge is 0.278 e. The van der Waals surface area contributed by atoms with Gasteiger partial charge in [0.25, 0.3) is 17.4 Å². The van der Waals surface area contributed by atoms with E-state index in [9.17, 15) is 14.0 Å². The van der Waals surface area contributed by atoms with E-state index in [2.05, 4.69) is 10.3 Å². The van der Waals surface area contributed by atoms with E-state index in [4.69, 9.17) is 16.3 Å². The van der Waals surface area contributed by atoms with Gasteiger partial charge in [0.2, 0.25) is 0 Å². The lowest BCUT2D eigenvalue weighted by Crippen LogP contribution is -2.60. The van der Waals surface area contributed by atoms with Crippen LogP contribution < -0.4 is 10.2 Å². The molecule has 2 aromatic rings. The van der Waals surface area contributed by atoms with Crippen molar-refractivity contribution in [3.8, 4) is 0 Å². The van der Waals surface area contributed by atoms with Crippen LogP contribution in [0.15, 0.2) is 48.8 Å². The molecule has 0 spiro atoms. The van der Waals surface area contributed by atoms with Crippen molar-refractivity contribution >= 4 is 29.1 Å². The Morgan fingerprint density at radius 1 is 1.27 bits per heavy atom. The van der Waals surface area contributed by atoms with Crippen LogP contribution in [-0.2, 0) is 19.9 Å². The summed E-state index contributed by atoms with van der Waals surface area (Å²) in [5, 5.41) is 3.01. The molecule has 0 bridgehead atoms. The number of hydrogen-bond acceptors (Lipinski definition) is 4. The van der Waals surface area contributed by atoms with Crippen molar-refractivity contribution in [3.63, 3.8) is 0 Å². The number of ether oxygens (including phenoxy) is 1. The van der Waals surface area contributed by atoms with E-state index in [0.717, 1.165) is 10.5 Å². The van der Waals surface area contributed by atoms with Crippen LogP contribution in [0.25, 0.3) is 0 Å².